The highest BCUT2D eigenvalue weighted by Gasteiger charge is 2.16. The highest BCUT2D eigenvalue weighted by atomic mass is 35.5. The molecule has 2 aromatic heterocycles. The maximum Gasteiger partial charge on any atom is 0.223 e. The maximum absolute atomic E-state index is 6.29. The Balaban J connectivity index is 1.82. The standard InChI is InChI=1S/C24H13ClN2O/c25-24-26-19-10-3-1-8-17(19)22(27-24)18-9-5-6-14-12-13-16-15-7-2-4-11-20(15)28-23(16)21(14)18/h1-13H. The van der Waals surface area contributed by atoms with Crippen LogP contribution < -0.4 is 0 Å². The van der Waals surface area contributed by atoms with E-state index in [0.29, 0.717) is 0 Å². The van der Waals surface area contributed by atoms with Crippen molar-refractivity contribution in [2.24, 2.45) is 0 Å². The van der Waals surface area contributed by atoms with Gasteiger partial charge in [-0.05, 0) is 35.2 Å². The van der Waals surface area contributed by atoms with Gasteiger partial charge in [-0.2, -0.15) is 0 Å². The van der Waals surface area contributed by atoms with Crippen molar-refractivity contribution in [3.05, 3.63) is 84.1 Å². The molecule has 0 atom stereocenters. The van der Waals surface area contributed by atoms with E-state index in [-0.39, 0.29) is 5.28 Å². The molecule has 0 N–H and O–H groups in total. The van der Waals surface area contributed by atoms with E-state index >= 15 is 0 Å². The second-order valence-electron chi connectivity index (χ2n) is 6.80. The van der Waals surface area contributed by atoms with Crippen molar-refractivity contribution in [1.82, 2.24) is 9.97 Å². The Morgan fingerprint density at radius 3 is 2.43 bits per heavy atom. The molecule has 6 aromatic rings. The van der Waals surface area contributed by atoms with Crippen molar-refractivity contribution in [3.63, 3.8) is 0 Å². The van der Waals surface area contributed by atoms with E-state index in [1.165, 1.54) is 0 Å². The quantitative estimate of drug-likeness (QED) is 0.288. The van der Waals surface area contributed by atoms with E-state index in [1.54, 1.807) is 0 Å². The highest BCUT2D eigenvalue weighted by molar-refractivity contribution is 6.29. The van der Waals surface area contributed by atoms with Gasteiger partial charge in [-0.25, -0.2) is 9.97 Å². The summed E-state index contributed by atoms with van der Waals surface area (Å²) in [5.41, 5.74) is 4.38. The van der Waals surface area contributed by atoms with Crippen LogP contribution in [-0.2, 0) is 0 Å². The lowest BCUT2D eigenvalue weighted by atomic mass is 9.97. The minimum atomic E-state index is 0.238. The van der Waals surface area contributed by atoms with Gasteiger partial charge in [-0.3, -0.25) is 0 Å². The molecular weight excluding hydrogens is 368 g/mol. The van der Waals surface area contributed by atoms with Gasteiger partial charge in [0.15, 0.2) is 0 Å². The number of benzene rings is 4. The molecule has 0 saturated carbocycles. The van der Waals surface area contributed by atoms with Crippen LogP contribution in [0.1, 0.15) is 0 Å². The zero-order chi connectivity index (χ0) is 18.7. The van der Waals surface area contributed by atoms with Crippen molar-refractivity contribution >= 4 is 55.2 Å². The van der Waals surface area contributed by atoms with Gasteiger partial charge in [-0.15, -0.1) is 0 Å². The summed E-state index contributed by atoms with van der Waals surface area (Å²) in [4.78, 5) is 8.96. The van der Waals surface area contributed by atoms with Crippen LogP contribution in [-0.4, -0.2) is 9.97 Å². The van der Waals surface area contributed by atoms with Crippen molar-refractivity contribution in [2.45, 2.75) is 0 Å². The minimum absolute atomic E-state index is 0.238. The molecular formula is C24H13ClN2O. The SMILES string of the molecule is Clc1nc(-c2cccc3ccc4c5ccccc5oc4c23)c2ccccc2n1. The summed E-state index contributed by atoms with van der Waals surface area (Å²) in [5.74, 6) is 0. The number of furan rings is 1. The first-order valence-corrected chi connectivity index (χ1v) is 9.43. The van der Waals surface area contributed by atoms with Crippen molar-refractivity contribution in [2.75, 3.05) is 0 Å². The zero-order valence-electron chi connectivity index (χ0n) is 14.7. The third kappa shape index (κ3) is 2.17. The fraction of sp³-hybridized carbons (Fsp3) is 0. The van der Waals surface area contributed by atoms with Crippen LogP contribution in [0.5, 0.6) is 0 Å². The number of halogens is 1. The average Bonchev–Trinajstić information content (AvgIpc) is 3.11. The van der Waals surface area contributed by atoms with Crippen LogP contribution in [0.4, 0.5) is 0 Å². The van der Waals surface area contributed by atoms with Crippen LogP contribution >= 0.6 is 11.6 Å². The Morgan fingerprint density at radius 2 is 1.50 bits per heavy atom. The van der Waals surface area contributed by atoms with Gasteiger partial charge in [0.1, 0.15) is 11.2 Å². The second kappa shape index (κ2) is 5.78. The molecule has 2 heterocycles. The van der Waals surface area contributed by atoms with Crippen LogP contribution in [0.15, 0.2) is 83.3 Å². The number of aromatic nitrogens is 2. The minimum Gasteiger partial charge on any atom is -0.455 e. The molecule has 0 aliphatic carbocycles. The number of para-hydroxylation sites is 2. The van der Waals surface area contributed by atoms with E-state index in [4.69, 9.17) is 16.0 Å². The van der Waals surface area contributed by atoms with Crippen LogP contribution in [0.3, 0.4) is 0 Å². The molecule has 0 saturated heterocycles. The molecule has 0 unspecified atom stereocenters. The molecule has 28 heavy (non-hydrogen) atoms. The molecule has 0 radical (unpaired) electrons. The van der Waals surface area contributed by atoms with Gasteiger partial charge in [0.05, 0.1) is 11.2 Å². The summed E-state index contributed by atoms with van der Waals surface area (Å²) < 4.78 is 6.29. The fourth-order valence-electron chi connectivity index (χ4n) is 4.00. The number of hydrogen-bond acceptors (Lipinski definition) is 3. The van der Waals surface area contributed by atoms with Crippen LogP contribution in [0, 0.1) is 0 Å². The first kappa shape index (κ1) is 15.6. The van der Waals surface area contributed by atoms with Gasteiger partial charge < -0.3 is 4.42 Å². The van der Waals surface area contributed by atoms with Crippen molar-refractivity contribution in [3.8, 4) is 11.3 Å². The summed E-state index contributed by atoms with van der Waals surface area (Å²) in [6.07, 6.45) is 0. The number of hydrogen-bond donors (Lipinski definition) is 0. The number of nitrogens with zero attached hydrogens (tertiary/aromatic N) is 2. The Bertz CT molecular complexity index is 1530. The van der Waals surface area contributed by atoms with E-state index < -0.39 is 0 Å². The molecule has 6 rings (SSSR count). The predicted octanol–water partition coefficient (Wildman–Crippen LogP) is 7.00. The number of fused-ring (bicyclic) bond motifs is 6. The lowest BCUT2D eigenvalue weighted by Crippen LogP contribution is -1.92. The molecule has 4 heteroatoms. The molecule has 0 aliphatic heterocycles. The second-order valence-corrected chi connectivity index (χ2v) is 7.14. The van der Waals surface area contributed by atoms with Crippen LogP contribution in [0.25, 0.3) is 54.9 Å². The molecule has 0 spiro atoms. The first-order valence-electron chi connectivity index (χ1n) is 9.05. The van der Waals surface area contributed by atoms with E-state index in [0.717, 1.165) is 54.9 Å². The first-order chi connectivity index (χ1) is 13.8. The molecule has 0 bridgehead atoms. The summed E-state index contributed by atoms with van der Waals surface area (Å²) in [6.45, 7) is 0. The summed E-state index contributed by atoms with van der Waals surface area (Å²) in [7, 11) is 0. The third-order valence-corrected chi connectivity index (χ3v) is 5.39. The maximum atomic E-state index is 6.29. The lowest BCUT2D eigenvalue weighted by molar-refractivity contribution is 0.673. The van der Waals surface area contributed by atoms with Crippen LogP contribution in [0.2, 0.25) is 5.28 Å². The molecule has 3 nitrogen and oxygen atoms in total. The van der Waals surface area contributed by atoms with Gasteiger partial charge in [0.2, 0.25) is 5.28 Å². The van der Waals surface area contributed by atoms with Crippen molar-refractivity contribution in [1.29, 1.82) is 0 Å². The average molecular weight is 381 g/mol. The monoisotopic (exact) mass is 380 g/mol. The largest absolute Gasteiger partial charge is 0.455 e. The van der Waals surface area contributed by atoms with Gasteiger partial charge in [0, 0.05) is 27.1 Å². The predicted molar refractivity (Wildman–Crippen MR) is 115 cm³/mol. The molecule has 132 valence electrons. The number of rotatable bonds is 1. The Morgan fingerprint density at radius 1 is 0.679 bits per heavy atom. The molecule has 4 aromatic carbocycles. The zero-order valence-corrected chi connectivity index (χ0v) is 15.4. The normalized spacial score (nSPS) is 11.8. The van der Waals surface area contributed by atoms with Gasteiger partial charge in [0.25, 0.3) is 0 Å². The van der Waals surface area contributed by atoms with Crippen molar-refractivity contribution < 1.29 is 4.42 Å². The topological polar surface area (TPSA) is 38.9 Å². The third-order valence-electron chi connectivity index (χ3n) is 5.22. The van der Waals surface area contributed by atoms with E-state index in [9.17, 15) is 0 Å². The lowest BCUT2D eigenvalue weighted by Gasteiger charge is -2.10. The summed E-state index contributed by atoms with van der Waals surface area (Å²) >= 11 is 6.26. The van der Waals surface area contributed by atoms with Gasteiger partial charge in [-0.1, -0.05) is 60.7 Å². The van der Waals surface area contributed by atoms with E-state index in [2.05, 4.69) is 40.3 Å². The molecule has 0 amide bonds. The smallest absolute Gasteiger partial charge is 0.223 e. The fourth-order valence-corrected chi connectivity index (χ4v) is 4.18. The summed E-state index contributed by atoms with van der Waals surface area (Å²) in [6, 6.07) is 26.5. The highest BCUT2D eigenvalue weighted by Crippen LogP contribution is 2.40. The van der Waals surface area contributed by atoms with Gasteiger partial charge >= 0.3 is 0 Å². The molecule has 0 aliphatic rings. The Kier molecular flexibility index (Phi) is 3.22. The molecule has 0 fully saturated rings. The van der Waals surface area contributed by atoms with E-state index in [1.807, 2.05) is 48.5 Å². The summed E-state index contributed by atoms with van der Waals surface area (Å²) in [5, 5.41) is 5.55. The Hall–Kier alpha value is -3.43. The Labute approximate surface area is 165 Å².